The van der Waals surface area contributed by atoms with Crippen LogP contribution in [0.3, 0.4) is 0 Å². The van der Waals surface area contributed by atoms with Crippen LogP contribution in [-0.2, 0) is 4.79 Å². The minimum absolute atomic E-state index is 0.0407. The van der Waals surface area contributed by atoms with E-state index in [0.717, 1.165) is 62.0 Å². The standard InChI is InChI=1S/C30H36N8O/c1-2-23-19-37(15-14-36(23)18-21-6-7-21)24-9-11-26(31-17-24)34-29-32-16-22-8-10-25-28(39)33-20-30(12-4-3-5-13-30)38(25)27(22)35-29/h1,8-11,16-17,21,23,25H,3-7,12-15,18-20H2,(H,33,39)(H,31,32,34,35)/t23-,25?/m0/s1. The number of nitrogens with one attached hydrogen (secondary N) is 2. The van der Waals surface area contributed by atoms with Gasteiger partial charge in [0.25, 0.3) is 0 Å². The highest BCUT2D eigenvalue weighted by atomic mass is 16.2. The van der Waals surface area contributed by atoms with E-state index in [9.17, 15) is 4.79 Å². The molecule has 0 bridgehead atoms. The molecule has 0 radical (unpaired) electrons. The molecule has 1 unspecified atom stereocenters. The molecule has 2 aliphatic carbocycles. The van der Waals surface area contributed by atoms with Crippen molar-refractivity contribution in [2.24, 2.45) is 5.92 Å². The zero-order valence-corrected chi connectivity index (χ0v) is 22.4. The van der Waals surface area contributed by atoms with Crippen molar-refractivity contribution in [2.75, 3.05) is 47.8 Å². The third kappa shape index (κ3) is 4.61. The summed E-state index contributed by atoms with van der Waals surface area (Å²) in [6.07, 6.45) is 22.0. The lowest BCUT2D eigenvalue weighted by molar-refractivity contribution is -0.123. The lowest BCUT2D eigenvalue weighted by Crippen LogP contribution is -2.69. The zero-order valence-electron chi connectivity index (χ0n) is 22.4. The smallest absolute Gasteiger partial charge is 0.246 e. The first-order valence-corrected chi connectivity index (χ1v) is 14.4. The molecule has 2 aromatic rings. The maximum absolute atomic E-state index is 12.8. The molecule has 9 heteroatoms. The molecule has 2 N–H and O–H groups in total. The van der Waals surface area contributed by atoms with Gasteiger partial charge in [-0.3, -0.25) is 9.69 Å². The van der Waals surface area contributed by atoms with Crippen LogP contribution in [0.2, 0.25) is 0 Å². The van der Waals surface area contributed by atoms with Gasteiger partial charge in [0.1, 0.15) is 17.7 Å². The SMILES string of the molecule is C#C[C@H]1CN(c2ccc(Nc3ncc4c(n3)N3C(C=C4)C(=O)NCC34CCCCC4)nc2)CCN1CC1CC1. The Labute approximate surface area is 230 Å². The van der Waals surface area contributed by atoms with E-state index in [4.69, 9.17) is 11.4 Å². The normalized spacial score (nSPS) is 26.0. The molecule has 2 saturated carbocycles. The average Bonchev–Trinajstić information content (AvgIpc) is 3.80. The number of aromatic nitrogens is 3. The number of anilines is 4. The second-order valence-electron chi connectivity index (χ2n) is 11.7. The number of carbonyl (C=O) groups excluding carboxylic acids is 1. The minimum Gasteiger partial charge on any atom is -0.366 e. The van der Waals surface area contributed by atoms with Crippen LogP contribution in [-0.4, -0.2) is 76.1 Å². The van der Waals surface area contributed by atoms with Crippen LogP contribution in [0.5, 0.6) is 0 Å². The molecular formula is C30H36N8O. The van der Waals surface area contributed by atoms with Gasteiger partial charge in [0.15, 0.2) is 0 Å². The van der Waals surface area contributed by atoms with E-state index < -0.39 is 0 Å². The summed E-state index contributed by atoms with van der Waals surface area (Å²) in [4.78, 5) is 34.1. The maximum atomic E-state index is 12.8. The number of rotatable bonds is 5. The first-order valence-electron chi connectivity index (χ1n) is 14.4. The second kappa shape index (κ2) is 9.83. The molecule has 5 heterocycles. The van der Waals surface area contributed by atoms with Crippen molar-refractivity contribution in [3.05, 3.63) is 36.2 Å². The van der Waals surface area contributed by atoms with Crippen LogP contribution < -0.4 is 20.4 Å². The van der Waals surface area contributed by atoms with E-state index in [1.807, 2.05) is 30.6 Å². The Morgan fingerprint density at radius 1 is 1.13 bits per heavy atom. The van der Waals surface area contributed by atoms with Gasteiger partial charge in [-0.1, -0.05) is 37.3 Å². The number of fused-ring (bicyclic) bond motifs is 4. The van der Waals surface area contributed by atoms with E-state index in [1.165, 1.54) is 32.1 Å². The Morgan fingerprint density at radius 2 is 2.00 bits per heavy atom. The molecule has 1 spiro atoms. The number of amides is 1. The number of pyridine rings is 1. The number of piperazine rings is 2. The van der Waals surface area contributed by atoms with E-state index in [-0.39, 0.29) is 23.5 Å². The highest BCUT2D eigenvalue weighted by Gasteiger charge is 2.49. The number of hydrogen-bond acceptors (Lipinski definition) is 8. The Kier molecular flexibility index (Phi) is 6.15. The van der Waals surface area contributed by atoms with Crippen molar-refractivity contribution < 1.29 is 4.79 Å². The topological polar surface area (TPSA) is 89.5 Å². The zero-order chi connectivity index (χ0) is 26.4. The third-order valence-electron chi connectivity index (χ3n) is 9.14. The van der Waals surface area contributed by atoms with E-state index in [2.05, 4.69) is 47.3 Å². The van der Waals surface area contributed by atoms with Crippen molar-refractivity contribution in [3.8, 4) is 12.3 Å². The summed E-state index contributed by atoms with van der Waals surface area (Å²) >= 11 is 0. The number of hydrogen-bond donors (Lipinski definition) is 2. The van der Waals surface area contributed by atoms with Gasteiger partial charge in [-0.25, -0.2) is 9.97 Å². The molecule has 4 fully saturated rings. The predicted octanol–water partition coefficient (Wildman–Crippen LogP) is 3.18. The molecule has 2 aromatic heterocycles. The van der Waals surface area contributed by atoms with Gasteiger partial charge in [-0.2, -0.15) is 4.98 Å². The summed E-state index contributed by atoms with van der Waals surface area (Å²) in [6.45, 7) is 4.56. The minimum atomic E-state index is -0.332. The Balaban J connectivity index is 1.08. The Morgan fingerprint density at radius 3 is 2.77 bits per heavy atom. The van der Waals surface area contributed by atoms with Gasteiger partial charge in [-0.05, 0) is 43.7 Å². The Hall–Kier alpha value is -3.64. The molecule has 7 rings (SSSR count). The summed E-state index contributed by atoms with van der Waals surface area (Å²) in [5, 5.41) is 6.45. The number of terminal acetylenes is 1. The molecule has 3 aliphatic heterocycles. The van der Waals surface area contributed by atoms with Gasteiger partial charge in [0.2, 0.25) is 11.9 Å². The summed E-state index contributed by atoms with van der Waals surface area (Å²) in [5.41, 5.74) is 1.93. The maximum Gasteiger partial charge on any atom is 0.246 e. The third-order valence-corrected chi connectivity index (χ3v) is 9.14. The Bertz CT molecular complexity index is 1310. The molecule has 2 saturated heterocycles. The van der Waals surface area contributed by atoms with Gasteiger partial charge in [0.05, 0.1) is 23.5 Å². The van der Waals surface area contributed by atoms with Crippen LogP contribution in [0.4, 0.5) is 23.3 Å². The van der Waals surface area contributed by atoms with Crippen molar-refractivity contribution in [2.45, 2.75) is 62.6 Å². The lowest BCUT2D eigenvalue weighted by atomic mass is 9.77. The highest BCUT2D eigenvalue weighted by Crippen LogP contribution is 2.43. The largest absolute Gasteiger partial charge is 0.366 e. The van der Waals surface area contributed by atoms with Crippen LogP contribution in [0.25, 0.3) is 6.08 Å². The van der Waals surface area contributed by atoms with E-state index in [0.29, 0.717) is 18.3 Å². The number of carbonyl (C=O) groups is 1. The van der Waals surface area contributed by atoms with Crippen molar-refractivity contribution >= 4 is 35.3 Å². The fourth-order valence-electron chi connectivity index (χ4n) is 6.78. The molecular weight excluding hydrogens is 488 g/mol. The van der Waals surface area contributed by atoms with Gasteiger partial charge in [0, 0.05) is 44.5 Å². The molecule has 39 heavy (non-hydrogen) atoms. The lowest BCUT2D eigenvalue weighted by Gasteiger charge is -2.54. The van der Waals surface area contributed by atoms with Gasteiger partial charge in [-0.15, -0.1) is 6.42 Å². The summed E-state index contributed by atoms with van der Waals surface area (Å²) in [6, 6.07) is 3.87. The second-order valence-corrected chi connectivity index (χ2v) is 11.7. The van der Waals surface area contributed by atoms with Gasteiger partial charge >= 0.3 is 0 Å². The van der Waals surface area contributed by atoms with Crippen LogP contribution in [0.15, 0.2) is 30.6 Å². The van der Waals surface area contributed by atoms with Crippen LogP contribution in [0, 0.1) is 18.3 Å². The molecule has 1 amide bonds. The first kappa shape index (κ1) is 24.4. The van der Waals surface area contributed by atoms with Crippen molar-refractivity contribution in [3.63, 3.8) is 0 Å². The van der Waals surface area contributed by atoms with Gasteiger partial charge < -0.3 is 20.4 Å². The quantitative estimate of drug-likeness (QED) is 0.577. The summed E-state index contributed by atoms with van der Waals surface area (Å²) in [7, 11) is 0. The molecule has 0 aromatic carbocycles. The fourth-order valence-corrected chi connectivity index (χ4v) is 6.78. The molecule has 5 aliphatic rings. The summed E-state index contributed by atoms with van der Waals surface area (Å²) in [5.74, 6) is 5.89. The monoisotopic (exact) mass is 524 g/mol. The van der Waals surface area contributed by atoms with E-state index >= 15 is 0 Å². The van der Waals surface area contributed by atoms with Crippen LogP contribution in [0.1, 0.15) is 50.5 Å². The van der Waals surface area contributed by atoms with Crippen molar-refractivity contribution in [1.82, 2.24) is 25.2 Å². The highest BCUT2D eigenvalue weighted by molar-refractivity contribution is 5.93. The first-order chi connectivity index (χ1) is 19.1. The predicted molar refractivity (Wildman–Crippen MR) is 153 cm³/mol. The molecule has 202 valence electrons. The van der Waals surface area contributed by atoms with Crippen LogP contribution >= 0.6 is 0 Å². The van der Waals surface area contributed by atoms with E-state index in [1.54, 1.807) is 0 Å². The molecule has 2 atom stereocenters. The molecule has 9 nitrogen and oxygen atoms in total. The summed E-state index contributed by atoms with van der Waals surface area (Å²) < 4.78 is 0. The van der Waals surface area contributed by atoms with Crippen molar-refractivity contribution in [1.29, 1.82) is 0 Å². The number of nitrogens with zero attached hydrogens (tertiary/aromatic N) is 6. The average molecular weight is 525 g/mol. The fraction of sp³-hybridized carbons (Fsp3) is 0.533.